The number of hydrogen-bond donors (Lipinski definition) is 2. The molecular formula is C17H17FN2O3. The molecule has 0 aromatic heterocycles. The number of primary amides is 1. The molecule has 2 aromatic carbocycles. The summed E-state index contributed by atoms with van der Waals surface area (Å²) in [5.41, 5.74) is 5.07. The number of rotatable bonds is 5. The second-order valence-electron chi connectivity index (χ2n) is 5.18. The van der Waals surface area contributed by atoms with Gasteiger partial charge in [0.2, 0.25) is 5.91 Å². The Hall–Kier alpha value is -2.89. The second-order valence-corrected chi connectivity index (χ2v) is 5.18. The number of halogens is 1. The molecular weight excluding hydrogens is 299 g/mol. The molecule has 1 atom stereocenters. The number of nitrogens with one attached hydrogen (secondary N) is 1. The van der Waals surface area contributed by atoms with E-state index >= 15 is 0 Å². The smallest absolute Gasteiger partial charge is 0.408 e. The minimum atomic E-state index is -1.50. The van der Waals surface area contributed by atoms with Gasteiger partial charge in [0.05, 0.1) is 0 Å². The van der Waals surface area contributed by atoms with Crippen LogP contribution in [-0.2, 0) is 21.7 Å². The quantitative estimate of drug-likeness (QED) is 0.889. The van der Waals surface area contributed by atoms with Gasteiger partial charge in [-0.3, -0.25) is 4.79 Å². The molecule has 23 heavy (non-hydrogen) atoms. The highest BCUT2D eigenvalue weighted by Gasteiger charge is 2.35. The van der Waals surface area contributed by atoms with Crippen molar-refractivity contribution >= 4 is 12.0 Å². The minimum absolute atomic E-state index is 0.0604. The Morgan fingerprint density at radius 1 is 1.13 bits per heavy atom. The molecule has 6 heteroatoms. The predicted octanol–water partition coefficient (Wildman–Crippen LogP) is 2.45. The van der Waals surface area contributed by atoms with Crippen LogP contribution in [0.2, 0.25) is 0 Å². The number of amides is 2. The number of benzene rings is 2. The molecule has 0 unspecified atom stereocenters. The van der Waals surface area contributed by atoms with Crippen LogP contribution in [0.3, 0.4) is 0 Å². The van der Waals surface area contributed by atoms with Gasteiger partial charge < -0.3 is 15.8 Å². The summed E-state index contributed by atoms with van der Waals surface area (Å²) in [4.78, 5) is 23.7. The van der Waals surface area contributed by atoms with Gasteiger partial charge >= 0.3 is 6.09 Å². The van der Waals surface area contributed by atoms with E-state index in [9.17, 15) is 14.0 Å². The molecule has 0 radical (unpaired) electrons. The Morgan fingerprint density at radius 3 is 2.30 bits per heavy atom. The maximum absolute atomic E-state index is 13.0. The van der Waals surface area contributed by atoms with E-state index in [1.165, 1.54) is 31.2 Å². The molecule has 3 N–H and O–H groups in total. The summed E-state index contributed by atoms with van der Waals surface area (Å²) in [5, 5.41) is 2.44. The van der Waals surface area contributed by atoms with Crippen LogP contribution in [-0.4, -0.2) is 12.0 Å². The van der Waals surface area contributed by atoms with Crippen LogP contribution in [0.25, 0.3) is 0 Å². The van der Waals surface area contributed by atoms with Crippen LogP contribution < -0.4 is 11.1 Å². The molecule has 5 nitrogen and oxygen atoms in total. The Labute approximate surface area is 133 Å². The fourth-order valence-corrected chi connectivity index (χ4v) is 2.02. The zero-order valence-electron chi connectivity index (χ0n) is 12.6. The van der Waals surface area contributed by atoms with E-state index in [4.69, 9.17) is 10.5 Å². The lowest BCUT2D eigenvalue weighted by Crippen LogP contribution is -2.52. The monoisotopic (exact) mass is 316 g/mol. The number of nitrogens with two attached hydrogens (primary N) is 1. The first-order valence-corrected chi connectivity index (χ1v) is 6.96. The molecule has 0 saturated carbocycles. The number of hydrogen-bond acceptors (Lipinski definition) is 3. The van der Waals surface area contributed by atoms with Gasteiger partial charge in [0, 0.05) is 0 Å². The van der Waals surface area contributed by atoms with Gasteiger partial charge in [-0.05, 0) is 30.2 Å². The van der Waals surface area contributed by atoms with Gasteiger partial charge in [-0.2, -0.15) is 0 Å². The van der Waals surface area contributed by atoms with E-state index < -0.39 is 23.4 Å². The van der Waals surface area contributed by atoms with Crippen molar-refractivity contribution in [1.29, 1.82) is 0 Å². The lowest BCUT2D eigenvalue weighted by Gasteiger charge is -2.27. The van der Waals surface area contributed by atoms with Crippen LogP contribution in [0.4, 0.5) is 9.18 Å². The van der Waals surface area contributed by atoms with Gasteiger partial charge in [0.15, 0.2) is 0 Å². The molecule has 0 aliphatic carbocycles. The Bertz CT molecular complexity index is 689. The zero-order chi connectivity index (χ0) is 16.9. The van der Waals surface area contributed by atoms with Gasteiger partial charge in [0.25, 0.3) is 0 Å². The van der Waals surface area contributed by atoms with E-state index in [2.05, 4.69) is 5.32 Å². The van der Waals surface area contributed by atoms with E-state index in [0.29, 0.717) is 5.56 Å². The average Bonchev–Trinajstić information content (AvgIpc) is 2.54. The van der Waals surface area contributed by atoms with E-state index in [1.807, 2.05) is 18.2 Å². The van der Waals surface area contributed by atoms with Crippen LogP contribution in [0, 0.1) is 5.82 Å². The lowest BCUT2D eigenvalue weighted by atomic mass is 9.91. The van der Waals surface area contributed by atoms with Gasteiger partial charge in [0.1, 0.15) is 18.0 Å². The molecule has 0 spiro atoms. The fourth-order valence-electron chi connectivity index (χ4n) is 2.02. The van der Waals surface area contributed by atoms with Crippen molar-refractivity contribution in [1.82, 2.24) is 5.32 Å². The van der Waals surface area contributed by atoms with Crippen molar-refractivity contribution in [3.63, 3.8) is 0 Å². The first kappa shape index (κ1) is 16.5. The van der Waals surface area contributed by atoms with Crippen molar-refractivity contribution < 1.29 is 18.7 Å². The largest absolute Gasteiger partial charge is 0.445 e. The Kier molecular flexibility index (Phi) is 4.95. The summed E-state index contributed by atoms with van der Waals surface area (Å²) in [7, 11) is 0. The van der Waals surface area contributed by atoms with Gasteiger partial charge in [-0.1, -0.05) is 42.5 Å². The highest BCUT2D eigenvalue weighted by molar-refractivity contribution is 5.89. The van der Waals surface area contributed by atoms with E-state index in [1.54, 1.807) is 12.1 Å². The maximum atomic E-state index is 13.0. The summed E-state index contributed by atoms with van der Waals surface area (Å²) in [6, 6.07) is 14.3. The summed E-state index contributed by atoms with van der Waals surface area (Å²) in [5.74, 6) is -1.23. The van der Waals surface area contributed by atoms with Crippen molar-refractivity contribution in [3.05, 3.63) is 71.5 Å². The molecule has 0 aliphatic rings. The first-order chi connectivity index (χ1) is 10.9. The SMILES string of the molecule is C[C@](NC(=O)OCc1ccccc1)(C(N)=O)c1ccc(F)cc1. The molecule has 2 rings (SSSR count). The lowest BCUT2D eigenvalue weighted by molar-refractivity contribution is -0.124. The molecule has 2 amide bonds. The second kappa shape index (κ2) is 6.91. The van der Waals surface area contributed by atoms with Crippen molar-refractivity contribution in [2.75, 3.05) is 0 Å². The first-order valence-electron chi connectivity index (χ1n) is 6.96. The zero-order valence-corrected chi connectivity index (χ0v) is 12.6. The Balaban J connectivity index is 2.08. The Morgan fingerprint density at radius 2 is 1.74 bits per heavy atom. The van der Waals surface area contributed by atoms with Gasteiger partial charge in [-0.15, -0.1) is 0 Å². The number of carbonyl (C=O) groups excluding carboxylic acids is 2. The van der Waals surface area contributed by atoms with Crippen LogP contribution in [0.15, 0.2) is 54.6 Å². The van der Waals surface area contributed by atoms with Crippen molar-refractivity contribution in [3.8, 4) is 0 Å². The standard InChI is InChI=1S/C17H17FN2O3/c1-17(15(19)21,13-7-9-14(18)10-8-13)20-16(22)23-11-12-5-3-2-4-6-12/h2-10H,11H2,1H3,(H2,19,21)(H,20,22)/t17-/m1/s1. The van der Waals surface area contributed by atoms with Crippen LogP contribution >= 0.6 is 0 Å². The highest BCUT2D eigenvalue weighted by atomic mass is 19.1. The topological polar surface area (TPSA) is 81.4 Å². The van der Waals surface area contributed by atoms with Gasteiger partial charge in [-0.25, -0.2) is 9.18 Å². The predicted molar refractivity (Wildman–Crippen MR) is 82.7 cm³/mol. The molecule has 0 saturated heterocycles. The minimum Gasteiger partial charge on any atom is -0.445 e. The number of ether oxygens (including phenoxy) is 1. The summed E-state index contributed by atoms with van der Waals surface area (Å²) >= 11 is 0. The third-order valence-electron chi connectivity index (χ3n) is 3.48. The highest BCUT2D eigenvalue weighted by Crippen LogP contribution is 2.21. The van der Waals surface area contributed by atoms with Crippen LogP contribution in [0.5, 0.6) is 0 Å². The van der Waals surface area contributed by atoms with Crippen molar-refractivity contribution in [2.45, 2.75) is 19.1 Å². The molecule has 2 aromatic rings. The fraction of sp³-hybridized carbons (Fsp3) is 0.176. The molecule has 0 heterocycles. The van der Waals surface area contributed by atoms with E-state index in [0.717, 1.165) is 5.56 Å². The average molecular weight is 316 g/mol. The third-order valence-corrected chi connectivity index (χ3v) is 3.48. The molecule has 0 fully saturated rings. The van der Waals surface area contributed by atoms with E-state index in [-0.39, 0.29) is 6.61 Å². The third kappa shape index (κ3) is 4.06. The van der Waals surface area contributed by atoms with Crippen molar-refractivity contribution in [2.24, 2.45) is 5.73 Å². The summed E-state index contributed by atoms with van der Waals surface area (Å²) in [6.07, 6.45) is -0.792. The maximum Gasteiger partial charge on any atom is 0.408 e. The molecule has 120 valence electrons. The normalized spacial score (nSPS) is 13.0. The molecule has 0 aliphatic heterocycles. The summed E-state index contributed by atoms with van der Waals surface area (Å²) < 4.78 is 18.1. The summed E-state index contributed by atoms with van der Waals surface area (Å²) in [6.45, 7) is 1.50. The number of alkyl carbamates (subject to hydrolysis) is 1. The molecule has 0 bridgehead atoms. The number of carbonyl (C=O) groups is 2. The van der Waals surface area contributed by atoms with Crippen LogP contribution in [0.1, 0.15) is 18.1 Å².